The summed E-state index contributed by atoms with van der Waals surface area (Å²) in [6, 6.07) is 2.15. The third-order valence-electron chi connectivity index (χ3n) is 2.25. The summed E-state index contributed by atoms with van der Waals surface area (Å²) in [7, 11) is 0. The SMILES string of the molecule is CCOC(=O)Cc1cc(OC(F)F)c(F)cc1CBr. The third kappa shape index (κ3) is 4.74. The van der Waals surface area contributed by atoms with Gasteiger partial charge >= 0.3 is 12.6 Å². The summed E-state index contributed by atoms with van der Waals surface area (Å²) in [5.41, 5.74) is 0.861. The highest BCUT2D eigenvalue weighted by Gasteiger charge is 2.16. The molecule has 0 saturated heterocycles. The monoisotopic (exact) mass is 340 g/mol. The second-order valence-corrected chi connectivity index (χ2v) is 4.11. The number of ether oxygens (including phenoxy) is 2. The Morgan fingerprint density at radius 2 is 2.05 bits per heavy atom. The van der Waals surface area contributed by atoms with Gasteiger partial charge in [0.25, 0.3) is 0 Å². The molecular formula is C12H12BrF3O3. The first-order valence-electron chi connectivity index (χ1n) is 5.45. The van der Waals surface area contributed by atoms with E-state index >= 15 is 0 Å². The Morgan fingerprint density at radius 3 is 2.58 bits per heavy atom. The number of rotatable bonds is 6. The number of hydrogen-bond donors (Lipinski definition) is 0. The van der Waals surface area contributed by atoms with Crippen LogP contribution in [0.2, 0.25) is 0 Å². The molecule has 0 spiro atoms. The van der Waals surface area contributed by atoms with E-state index in [9.17, 15) is 18.0 Å². The van der Waals surface area contributed by atoms with Crippen molar-refractivity contribution in [2.45, 2.75) is 25.3 Å². The number of esters is 1. The molecule has 0 saturated carbocycles. The number of carbonyl (C=O) groups excluding carboxylic acids is 1. The fraction of sp³-hybridized carbons (Fsp3) is 0.417. The lowest BCUT2D eigenvalue weighted by molar-refractivity contribution is -0.142. The first-order valence-corrected chi connectivity index (χ1v) is 6.57. The molecule has 0 aromatic heterocycles. The van der Waals surface area contributed by atoms with Gasteiger partial charge in [-0.15, -0.1) is 0 Å². The Balaban J connectivity index is 3.02. The molecule has 0 fully saturated rings. The minimum absolute atomic E-state index is 0.130. The largest absolute Gasteiger partial charge is 0.466 e. The summed E-state index contributed by atoms with van der Waals surface area (Å²) in [5.74, 6) is -2.00. The van der Waals surface area contributed by atoms with Crippen molar-refractivity contribution in [1.82, 2.24) is 0 Å². The molecule has 3 nitrogen and oxygen atoms in total. The first-order chi connectivity index (χ1) is 8.97. The molecule has 1 aromatic carbocycles. The van der Waals surface area contributed by atoms with Gasteiger partial charge in [-0.05, 0) is 30.2 Å². The van der Waals surface area contributed by atoms with Crippen molar-refractivity contribution in [3.63, 3.8) is 0 Å². The first kappa shape index (κ1) is 15.8. The summed E-state index contributed by atoms with van der Waals surface area (Å²) in [6.07, 6.45) is -0.130. The zero-order valence-electron chi connectivity index (χ0n) is 10.1. The molecule has 0 bridgehead atoms. The van der Waals surface area contributed by atoms with Crippen molar-refractivity contribution >= 4 is 21.9 Å². The molecule has 0 aliphatic carbocycles. The lowest BCUT2D eigenvalue weighted by Crippen LogP contribution is -2.11. The smallest absolute Gasteiger partial charge is 0.387 e. The number of hydrogen-bond acceptors (Lipinski definition) is 3. The molecule has 0 unspecified atom stereocenters. The van der Waals surface area contributed by atoms with Crippen molar-refractivity contribution in [3.8, 4) is 5.75 Å². The molecule has 0 radical (unpaired) electrons. The Kier molecular flexibility index (Phi) is 6.14. The van der Waals surface area contributed by atoms with Gasteiger partial charge in [0.05, 0.1) is 13.0 Å². The average molecular weight is 341 g/mol. The molecule has 0 aliphatic rings. The zero-order valence-corrected chi connectivity index (χ0v) is 11.7. The summed E-state index contributed by atoms with van der Waals surface area (Å²) in [4.78, 5) is 11.4. The standard InChI is InChI=1S/C12H12BrF3O3/c1-2-18-11(17)5-7-4-10(19-12(15)16)9(14)3-8(7)6-13/h3-4,12H,2,5-6H2,1H3. The van der Waals surface area contributed by atoms with E-state index in [0.29, 0.717) is 11.1 Å². The highest BCUT2D eigenvalue weighted by Crippen LogP contribution is 2.26. The van der Waals surface area contributed by atoms with Crippen LogP contribution < -0.4 is 4.74 Å². The van der Waals surface area contributed by atoms with E-state index in [1.165, 1.54) is 0 Å². The summed E-state index contributed by atoms with van der Waals surface area (Å²) < 4.78 is 46.5. The van der Waals surface area contributed by atoms with Gasteiger partial charge in [0.2, 0.25) is 0 Å². The van der Waals surface area contributed by atoms with E-state index in [4.69, 9.17) is 4.74 Å². The number of benzene rings is 1. The van der Waals surface area contributed by atoms with Crippen molar-refractivity contribution in [2.24, 2.45) is 0 Å². The second kappa shape index (κ2) is 7.37. The van der Waals surface area contributed by atoms with Crippen LogP contribution in [0.3, 0.4) is 0 Å². The molecule has 1 aromatic rings. The Hall–Kier alpha value is -1.24. The lowest BCUT2D eigenvalue weighted by Gasteiger charge is -2.11. The molecule has 0 atom stereocenters. The topological polar surface area (TPSA) is 35.5 Å². The van der Waals surface area contributed by atoms with Gasteiger partial charge in [0.1, 0.15) is 0 Å². The van der Waals surface area contributed by atoms with E-state index in [2.05, 4.69) is 20.7 Å². The molecule has 19 heavy (non-hydrogen) atoms. The molecular weight excluding hydrogens is 329 g/mol. The van der Waals surface area contributed by atoms with Gasteiger partial charge in [0.15, 0.2) is 11.6 Å². The van der Waals surface area contributed by atoms with Crippen molar-refractivity contribution in [3.05, 3.63) is 29.1 Å². The highest BCUT2D eigenvalue weighted by molar-refractivity contribution is 9.08. The summed E-state index contributed by atoms with van der Waals surface area (Å²) >= 11 is 3.14. The van der Waals surface area contributed by atoms with Gasteiger partial charge in [-0.3, -0.25) is 4.79 Å². The lowest BCUT2D eigenvalue weighted by atomic mass is 10.1. The predicted molar refractivity (Wildman–Crippen MR) is 66.0 cm³/mol. The van der Waals surface area contributed by atoms with Crippen LogP contribution in [0.1, 0.15) is 18.1 Å². The van der Waals surface area contributed by atoms with Crippen LogP contribution in [-0.2, 0) is 21.3 Å². The van der Waals surface area contributed by atoms with Crippen LogP contribution in [0.4, 0.5) is 13.2 Å². The maximum atomic E-state index is 13.5. The number of carbonyl (C=O) groups is 1. The fourth-order valence-electron chi connectivity index (χ4n) is 1.48. The molecule has 0 aliphatic heterocycles. The van der Waals surface area contributed by atoms with Gasteiger partial charge < -0.3 is 9.47 Å². The number of halogens is 4. The minimum Gasteiger partial charge on any atom is -0.466 e. The Morgan fingerprint density at radius 1 is 1.37 bits per heavy atom. The fourth-order valence-corrected chi connectivity index (χ4v) is 2.00. The van der Waals surface area contributed by atoms with Gasteiger partial charge in [-0.25, -0.2) is 4.39 Å². The van der Waals surface area contributed by atoms with Crippen LogP contribution in [-0.4, -0.2) is 19.2 Å². The van der Waals surface area contributed by atoms with E-state index in [1.807, 2.05) is 0 Å². The van der Waals surface area contributed by atoms with E-state index in [0.717, 1.165) is 12.1 Å². The van der Waals surface area contributed by atoms with Gasteiger partial charge in [0, 0.05) is 5.33 Å². The predicted octanol–water partition coefficient (Wildman–Crippen LogP) is 3.43. The Labute approximate surface area is 116 Å². The molecule has 0 heterocycles. The van der Waals surface area contributed by atoms with Crippen LogP contribution in [0.15, 0.2) is 12.1 Å². The van der Waals surface area contributed by atoms with Gasteiger partial charge in [-0.2, -0.15) is 8.78 Å². The van der Waals surface area contributed by atoms with Crippen LogP contribution in [0.5, 0.6) is 5.75 Å². The normalized spacial score (nSPS) is 10.6. The van der Waals surface area contributed by atoms with Crippen LogP contribution in [0.25, 0.3) is 0 Å². The molecule has 1 rings (SSSR count). The summed E-state index contributed by atoms with van der Waals surface area (Å²) in [6.45, 7) is -1.26. The molecule has 106 valence electrons. The second-order valence-electron chi connectivity index (χ2n) is 3.55. The molecule has 7 heteroatoms. The maximum absolute atomic E-state index is 13.5. The third-order valence-corrected chi connectivity index (χ3v) is 2.86. The van der Waals surface area contributed by atoms with Crippen LogP contribution >= 0.6 is 15.9 Å². The summed E-state index contributed by atoms with van der Waals surface area (Å²) in [5, 5.41) is 0.285. The maximum Gasteiger partial charge on any atom is 0.387 e. The van der Waals surface area contributed by atoms with E-state index in [-0.39, 0.29) is 18.4 Å². The van der Waals surface area contributed by atoms with E-state index in [1.54, 1.807) is 6.92 Å². The Bertz CT molecular complexity index is 452. The van der Waals surface area contributed by atoms with Crippen molar-refractivity contribution < 1.29 is 27.4 Å². The quantitative estimate of drug-likeness (QED) is 0.588. The number of alkyl halides is 3. The molecule has 0 N–H and O–H groups in total. The van der Waals surface area contributed by atoms with Crippen LogP contribution in [0, 0.1) is 5.82 Å². The van der Waals surface area contributed by atoms with E-state index < -0.39 is 24.1 Å². The minimum atomic E-state index is -3.13. The highest BCUT2D eigenvalue weighted by atomic mass is 79.9. The van der Waals surface area contributed by atoms with Crippen molar-refractivity contribution in [1.29, 1.82) is 0 Å². The van der Waals surface area contributed by atoms with Gasteiger partial charge in [-0.1, -0.05) is 15.9 Å². The molecule has 0 amide bonds. The van der Waals surface area contributed by atoms with Crippen molar-refractivity contribution in [2.75, 3.05) is 6.61 Å². The average Bonchev–Trinajstić information content (AvgIpc) is 2.32. The zero-order chi connectivity index (χ0) is 14.4.